The van der Waals surface area contributed by atoms with Crippen molar-refractivity contribution in [3.63, 3.8) is 0 Å². The van der Waals surface area contributed by atoms with Crippen LogP contribution in [-0.4, -0.2) is 56.9 Å². The predicted octanol–water partition coefficient (Wildman–Crippen LogP) is -0.368. The van der Waals surface area contributed by atoms with Crippen LogP contribution in [-0.2, 0) is 14.6 Å². The maximum Gasteiger partial charge on any atom is 0.222 e. The second-order valence-corrected chi connectivity index (χ2v) is 7.35. The first-order valence-corrected chi connectivity index (χ1v) is 7.97. The lowest BCUT2D eigenvalue weighted by atomic mass is 10.0. The van der Waals surface area contributed by atoms with E-state index in [1.54, 1.807) is 4.90 Å². The van der Waals surface area contributed by atoms with Gasteiger partial charge >= 0.3 is 0 Å². The molecule has 2 rings (SSSR count). The van der Waals surface area contributed by atoms with Crippen LogP contribution in [0.1, 0.15) is 19.3 Å². The topological polar surface area (TPSA) is 66.5 Å². The lowest BCUT2D eigenvalue weighted by Gasteiger charge is -2.24. The molecule has 1 N–H and O–H groups in total. The Morgan fingerprint density at radius 3 is 2.71 bits per heavy atom. The molecule has 2 unspecified atom stereocenters. The summed E-state index contributed by atoms with van der Waals surface area (Å²) < 4.78 is 22.6. The van der Waals surface area contributed by atoms with Crippen LogP contribution >= 0.6 is 0 Å². The molecule has 0 aromatic carbocycles. The van der Waals surface area contributed by atoms with Gasteiger partial charge in [-0.05, 0) is 25.3 Å². The molecule has 2 saturated heterocycles. The highest BCUT2D eigenvalue weighted by molar-refractivity contribution is 7.91. The minimum absolute atomic E-state index is 0.0318. The van der Waals surface area contributed by atoms with Crippen LogP contribution in [0.3, 0.4) is 0 Å². The van der Waals surface area contributed by atoms with E-state index in [-0.39, 0.29) is 29.4 Å². The average Bonchev–Trinajstić information content (AvgIpc) is 2.86. The van der Waals surface area contributed by atoms with E-state index in [9.17, 15) is 13.2 Å². The smallest absolute Gasteiger partial charge is 0.222 e. The molecule has 5 nitrogen and oxygen atoms in total. The van der Waals surface area contributed by atoms with Crippen molar-refractivity contribution in [3.8, 4) is 0 Å². The van der Waals surface area contributed by atoms with Crippen LogP contribution < -0.4 is 5.32 Å². The molecule has 2 atom stereocenters. The predicted molar refractivity (Wildman–Crippen MR) is 65.4 cm³/mol. The third-order valence-electron chi connectivity index (χ3n) is 3.77. The highest BCUT2D eigenvalue weighted by atomic mass is 32.2. The zero-order chi connectivity index (χ0) is 12.5. The summed E-state index contributed by atoms with van der Waals surface area (Å²) in [7, 11) is -1.05. The lowest BCUT2D eigenvalue weighted by molar-refractivity contribution is -0.132. The summed E-state index contributed by atoms with van der Waals surface area (Å²) in [6.07, 6.45) is 2.02. The Balaban J connectivity index is 1.84. The maximum atomic E-state index is 12.0. The van der Waals surface area contributed by atoms with E-state index >= 15 is 0 Å². The number of amides is 1. The fourth-order valence-electron chi connectivity index (χ4n) is 2.60. The lowest BCUT2D eigenvalue weighted by Crippen LogP contribution is -2.39. The van der Waals surface area contributed by atoms with Crippen LogP contribution in [0, 0.1) is 5.92 Å². The second kappa shape index (κ2) is 4.94. The number of nitrogens with one attached hydrogen (secondary N) is 1. The fraction of sp³-hybridized carbons (Fsp3) is 0.909. The summed E-state index contributed by atoms with van der Waals surface area (Å²) in [6.45, 7) is 1.81. The van der Waals surface area contributed by atoms with Crippen molar-refractivity contribution in [2.24, 2.45) is 5.92 Å². The van der Waals surface area contributed by atoms with Crippen LogP contribution in [0.2, 0.25) is 0 Å². The van der Waals surface area contributed by atoms with Gasteiger partial charge in [0.15, 0.2) is 9.84 Å². The summed E-state index contributed by atoms with van der Waals surface area (Å²) >= 11 is 0. The zero-order valence-corrected chi connectivity index (χ0v) is 11.0. The monoisotopic (exact) mass is 260 g/mol. The fourth-order valence-corrected chi connectivity index (χ4v) is 4.46. The Bertz CT molecular complexity index is 388. The third-order valence-corrected chi connectivity index (χ3v) is 5.60. The molecule has 98 valence electrons. The summed E-state index contributed by atoms with van der Waals surface area (Å²) in [5.74, 6) is 0.555. The molecule has 2 heterocycles. The SMILES string of the molecule is CN(C(=O)CC1CCS(=O)(=O)C1)C1CCNC1. The molecule has 1 amide bonds. The number of hydrogen-bond donors (Lipinski definition) is 1. The Kier molecular flexibility index (Phi) is 3.73. The van der Waals surface area contributed by atoms with Gasteiger partial charge in [-0.1, -0.05) is 0 Å². The molecule has 0 aliphatic carbocycles. The first kappa shape index (κ1) is 12.8. The van der Waals surface area contributed by atoms with E-state index < -0.39 is 9.84 Å². The average molecular weight is 260 g/mol. The van der Waals surface area contributed by atoms with Crippen molar-refractivity contribution in [1.29, 1.82) is 0 Å². The van der Waals surface area contributed by atoms with Crippen molar-refractivity contribution in [2.45, 2.75) is 25.3 Å². The Labute approximate surface area is 102 Å². The highest BCUT2D eigenvalue weighted by Gasteiger charge is 2.31. The van der Waals surface area contributed by atoms with E-state index in [1.807, 2.05) is 7.05 Å². The number of nitrogens with zero attached hydrogens (tertiary/aromatic N) is 1. The number of hydrogen-bond acceptors (Lipinski definition) is 4. The normalized spacial score (nSPS) is 31.6. The van der Waals surface area contributed by atoms with Crippen LogP contribution in [0.15, 0.2) is 0 Å². The number of carbonyl (C=O) groups excluding carboxylic acids is 1. The van der Waals surface area contributed by atoms with E-state index in [1.165, 1.54) is 0 Å². The minimum atomic E-state index is -2.87. The largest absolute Gasteiger partial charge is 0.341 e. The van der Waals surface area contributed by atoms with Crippen molar-refractivity contribution < 1.29 is 13.2 Å². The summed E-state index contributed by atoms with van der Waals surface area (Å²) in [5.41, 5.74) is 0. The first-order chi connectivity index (χ1) is 7.98. The van der Waals surface area contributed by atoms with E-state index in [0.717, 1.165) is 19.5 Å². The van der Waals surface area contributed by atoms with Gasteiger partial charge in [0, 0.05) is 26.1 Å². The van der Waals surface area contributed by atoms with Crippen molar-refractivity contribution in [3.05, 3.63) is 0 Å². The number of likely N-dealkylation sites (N-methyl/N-ethyl adjacent to an activating group) is 1. The van der Waals surface area contributed by atoms with Crippen molar-refractivity contribution in [2.75, 3.05) is 31.6 Å². The van der Waals surface area contributed by atoms with Crippen molar-refractivity contribution >= 4 is 15.7 Å². The Morgan fingerprint density at radius 1 is 1.41 bits per heavy atom. The summed E-state index contributed by atoms with van der Waals surface area (Å²) in [6, 6.07) is 0.278. The van der Waals surface area contributed by atoms with Gasteiger partial charge in [-0.3, -0.25) is 4.79 Å². The molecule has 0 saturated carbocycles. The Hall–Kier alpha value is -0.620. The molecule has 2 aliphatic heterocycles. The number of carbonyl (C=O) groups is 1. The molecular weight excluding hydrogens is 240 g/mol. The van der Waals surface area contributed by atoms with Gasteiger partial charge in [-0.2, -0.15) is 0 Å². The first-order valence-electron chi connectivity index (χ1n) is 6.15. The third kappa shape index (κ3) is 3.19. The van der Waals surface area contributed by atoms with Gasteiger partial charge < -0.3 is 10.2 Å². The van der Waals surface area contributed by atoms with E-state index in [2.05, 4.69) is 5.32 Å². The van der Waals surface area contributed by atoms with Crippen molar-refractivity contribution in [1.82, 2.24) is 10.2 Å². The molecule has 0 aromatic rings. The van der Waals surface area contributed by atoms with Gasteiger partial charge in [0.1, 0.15) is 0 Å². The number of sulfone groups is 1. The van der Waals surface area contributed by atoms with Gasteiger partial charge in [-0.25, -0.2) is 8.42 Å². The number of rotatable bonds is 3. The van der Waals surface area contributed by atoms with Gasteiger partial charge in [0.2, 0.25) is 5.91 Å². The van der Waals surface area contributed by atoms with Gasteiger partial charge in [-0.15, -0.1) is 0 Å². The van der Waals surface area contributed by atoms with E-state index in [4.69, 9.17) is 0 Å². The summed E-state index contributed by atoms with van der Waals surface area (Å²) in [4.78, 5) is 13.8. The zero-order valence-electron chi connectivity index (χ0n) is 10.2. The molecule has 0 radical (unpaired) electrons. The molecule has 2 aliphatic rings. The Morgan fingerprint density at radius 2 is 2.18 bits per heavy atom. The molecule has 0 spiro atoms. The van der Waals surface area contributed by atoms with Crippen LogP contribution in [0.5, 0.6) is 0 Å². The molecule has 2 fully saturated rings. The molecule has 6 heteroatoms. The molecule has 0 aromatic heterocycles. The highest BCUT2D eigenvalue weighted by Crippen LogP contribution is 2.22. The van der Waals surface area contributed by atoms with E-state index in [0.29, 0.717) is 12.8 Å². The van der Waals surface area contributed by atoms with Gasteiger partial charge in [0.05, 0.1) is 11.5 Å². The summed E-state index contributed by atoms with van der Waals surface area (Å²) in [5, 5.41) is 3.23. The quantitative estimate of drug-likeness (QED) is 0.752. The van der Waals surface area contributed by atoms with Crippen LogP contribution in [0.4, 0.5) is 0 Å². The minimum Gasteiger partial charge on any atom is -0.341 e. The van der Waals surface area contributed by atoms with Crippen LogP contribution in [0.25, 0.3) is 0 Å². The van der Waals surface area contributed by atoms with Gasteiger partial charge in [0.25, 0.3) is 0 Å². The standard InChI is InChI=1S/C11H20N2O3S/c1-13(10-2-4-12-7-10)11(14)6-9-3-5-17(15,16)8-9/h9-10,12H,2-8H2,1H3. The molecule has 0 bridgehead atoms. The molecular formula is C11H20N2O3S. The second-order valence-electron chi connectivity index (χ2n) is 5.12. The molecule has 17 heavy (non-hydrogen) atoms. The maximum absolute atomic E-state index is 12.0.